The molecule has 3 unspecified atom stereocenters. The maximum atomic E-state index is 10.8. The van der Waals surface area contributed by atoms with Gasteiger partial charge in [-0.2, -0.15) is 0 Å². The zero-order valence-electron chi connectivity index (χ0n) is 11.2. The van der Waals surface area contributed by atoms with Crippen LogP contribution in [0.5, 0.6) is 0 Å². The maximum absolute atomic E-state index is 10.8. The first-order chi connectivity index (χ1) is 9.08. The zero-order chi connectivity index (χ0) is 13.8. The van der Waals surface area contributed by atoms with Crippen molar-refractivity contribution in [3.05, 3.63) is 18.2 Å². The lowest BCUT2D eigenvalue weighted by Gasteiger charge is -2.18. The number of nitrogens with one attached hydrogen (secondary N) is 2. The molecular formula is C12H20N4O3. The van der Waals surface area contributed by atoms with Gasteiger partial charge in [-0.3, -0.25) is 4.79 Å². The number of aliphatic hydroxyl groups is 1. The average molecular weight is 268 g/mol. The Morgan fingerprint density at radius 3 is 3.11 bits per heavy atom. The van der Waals surface area contributed by atoms with Crippen LogP contribution in [0.2, 0.25) is 0 Å². The molecule has 7 nitrogen and oxygen atoms in total. The van der Waals surface area contributed by atoms with E-state index in [2.05, 4.69) is 15.6 Å². The fraction of sp³-hybridized carbons (Fsp3) is 0.667. The van der Waals surface area contributed by atoms with E-state index in [0.29, 0.717) is 19.7 Å². The number of ether oxygens (including phenoxy) is 1. The molecule has 19 heavy (non-hydrogen) atoms. The van der Waals surface area contributed by atoms with E-state index in [-0.39, 0.29) is 18.1 Å². The summed E-state index contributed by atoms with van der Waals surface area (Å²) < 4.78 is 7.39. The lowest BCUT2D eigenvalue weighted by atomic mass is 10.1. The van der Waals surface area contributed by atoms with E-state index in [9.17, 15) is 9.90 Å². The summed E-state index contributed by atoms with van der Waals surface area (Å²) in [6.45, 7) is 2.77. The van der Waals surface area contributed by atoms with Crippen molar-refractivity contribution in [3.63, 3.8) is 0 Å². The van der Waals surface area contributed by atoms with Crippen LogP contribution < -0.4 is 10.6 Å². The summed E-state index contributed by atoms with van der Waals surface area (Å²) in [6, 6.07) is -0.143. The first-order valence-corrected chi connectivity index (χ1v) is 6.31. The number of rotatable bonds is 5. The number of imidazole rings is 1. The third kappa shape index (κ3) is 3.52. The van der Waals surface area contributed by atoms with Gasteiger partial charge in [0.05, 0.1) is 25.3 Å². The smallest absolute Gasteiger partial charge is 0.216 e. The number of aryl methyl sites for hydroxylation is 1. The van der Waals surface area contributed by atoms with Crippen LogP contribution >= 0.6 is 0 Å². The fourth-order valence-corrected chi connectivity index (χ4v) is 2.08. The van der Waals surface area contributed by atoms with E-state index in [1.54, 1.807) is 6.20 Å². The number of carbonyl (C=O) groups is 1. The van der Waals surface area contributed by atoms with E-state index >= 15 is 0 Å². The van der Waals surface area contributed by atoms with Gasteiger partial charge in [0, 0.05) is 32.9 Å². The highest BCUT2D eigenvalue weighted by molar-refractivity contribution is 5.72. The Morgan fingerprint density at radius 1 is 1.68 bits per heavy atom. The van der Waals surface area contributed by atoms with Crippen LogP contribution in [0.3, 0.4) is 0 Å². The first kappa shape index (κ1) is 14.0. The van der Waals surface area contributed by atoms with Crippen LogP contribution in [0.1, 0.15) is 12.7 Å². The second-order valence-electron chi connectivity index (χ2n) is 4.74. The van der Waals surface area contributed by atoms with Gasteiger partial charge in [-0.25, -0.2) is 4.98 Å². The molecule has 1 aromatic heterocycles. The van der Waals surface area contributed by atoms with Gasteiger partial charge in [0.15, 0.2) is 0 Å². The highest BCUT2D eigenvalue weighted by atomic mass is 16.5. The number of aliphatic hydroxyl groups excluding tert-OH is 1. The lowest BCUT2D eigenvalue weighted by molar-refractivity contribution is -0.119. The molecule has 0 bridgehead atoms. The quantitative estimate of drug-likeness (QED) is 0.622. The van der Waals surface area contributed by atoms with Crippen molar-refractivity contribution >= 4 is 5.91 Å². The van der Waals surface area contributed by atoms with E-state index in [4.69, 9.17) is 4.74 Å². The average Bonchev–Trinajstić information content (AvgIpc) is 2.91. The first-order valence-electron chi connectivity index (χ1n) is 6.31. The minimum atomic E-state index is -0.632. The van der Waals surface area contributed by atoms with Crippen molar-refractivity contribution in [1.29, 1.82) is 0 Å². The SMILES string of the molecule is CC(=O)NCC1OCC(NCc2nccn2C)C1O. The fourth-order valence-electron chi connectivity index (χ4n) is 2.08. The molecule has 0 radical (unpaired) electrons. The molecule has 106 valence electrons. The number of hydrogen-bond donors (Lipinski definition) is 3. The Hall–Kier alpha value is -1.44. The van der Waals surface area contributed by atoms with Gasteiger partial charge in [-0.15, -0.1) is 0 Å². The topological polar surface area (TPSA) is 88.4 Å². The summed E-state index contributed by atoms with van der Waals surface area (Å²) in [5.74, 6) is 0.776. The van der Waals surface area contributed by atoms with E-state index in [1.807, 2.05) is 17.8 Å². The summed E-state index contributed by atoms with van der Waals surface area (Å²) in [7, 11) is 1.92. The van der Waals surface area contributed by atoms with Gasteiger partial charge >= 0.3 is 0 Å². The molecule has 0 aromatic carbocycles. The van der Waals surface area contributed by atoms with Crippen LogP contribution in [0, 0.1) is 0 Å². The Kier molecular flexibility index (Phi) is 4.52. The summed E-state index contributed by atoms with van der Waals surface area (Å²) in [5.41, 5.74) is 0. The number of hydrogen-bond acceptors (Lipinski definition) is 5. The van der Waals surface area contributed by atoms with Gasteiger partial charge in [-0.1, -0.05) is 0 Å². The third-order valence-electron chi connectivity index (χ3n) is 3.28. The van der Waals surface area contributed by atoms with Crippen LogP contribution in [0.4, 0.5) is 0 Å². The second kappa shape index (κ2) is 6.14. The number of amides is 1. The molecule has 2 rings (SSSR count). The monoisotopic (exact) mass is 268 g/mol. The molecular weight excluding hydrogens is 248 g/mol. The van der Waals surface area contributed by atoms with Crippen LogP contribution in [-0.2, 0) is 23.1 Å². The van der Waals surface area contributed by atoms with Gasteiger partial charge in [0.25, 0.3) is 0 Å². The third-order valence-corrected chi connectivity index (χ3v) is 3.28. The summed E-state index contributed by atoms with van der Waals surface area (Å²) in [4.78, 5) is 15.0. The predicted molar refractivity (Wildman–Crippen MR) is 68.3 cm³/mol. The number of nitrogens with zero attached hydrogens (tertiary/aromatic N) is 2. The normalized spacial score (nSPS) is 26.6. The van der Waals surface area contributed by atoms with E-state index < -0.39 is 6.10 Å². The molecule has 1 fully saturated rings. The van der Waals surface area contributed by atoms with Crippen LogP contribution in [0.15, 0.2) is 12.4 Å². The molecule has 1 aromatic rings. The molecule has 2 heterocycles. The second-order valence-corrected chi connectivity index (χ2v) is 4.74. The van der Waals surface area contributed by atoms with Gasteiger partial charge in [-0.05, 0) is 0 Å². The Bertz CT molecular complexity index is 434. The van der Waals surface area contributed by atoms with Crippen molar-refractivity contribution in [2.24, 2.45) is 7.05 Å². The molecule has 0 saturated carbocycles. The Balaban J connectivity index is 1.79. The molecule has 0 aliphatic carbocycles. The summed E-state index contributed by atoms with van der Waals surface area (Å²) in [6.07, 6.45) is 2.62. The zero-order valence-corrected chi connectivity index (χ0v) is 11.2. The molecule has 3 N–H and O–H groups in total. The molecule has 3 atom stereocenters. The Morgan fingerprint density at radius 2 is 2.47 bits per heavy atom. The van der Waals surface area contributed by atoms with E-state index in [1.165, 1.54) is 6.92 Å². The molecule has 7 heteroatoms. The minimum Gasteiger partial charge on any atom is -0.389 e. The summed E-state index contributed by atoms with van der Waals surface area (Å²) in [5, 5.41) is 16.0. The molecule has 0 spiro atoms. The minimum absolute atomic E-state index is 0.125. The van der Waals surface area contributed by atoms with Crippen LogP contribution in [0.25, 0.3) is 0 Å². The number of carbonyl (C=O) groups excluding carboxylic acids is 1. The van der Waals surface area contributed by atoms with Crippen LogP contribution in [-0.4, -0.2) is 52.0 Å². The van der Waals surface area contributed by atoms with Gasteiger partial charge in [0.2, 0.25) is 5.91 Å². The van der Waals surface area contributed by atoms with E-state index in [0.717, 1.165) is 5.82 Å². The predicted octanol–water partition coefficient (Wildman–Crippen LogP) is -1.23. The van der Waals surface area contributed by atoms with Crippen molar-refractivity contribution in [3.8, 4) is 0 Å². The Labute approximate surface area is 112 Å². The molecule has 1 aliphatic heterocycles. The molecule has 1 saturated heterocycles. The van der Waals surface area contributed by atoms with Gasteiger partial charge in [0.1, 0.15) is 11.9 Å². The summed E-state index contributed by atoms with van der Waals surface area (Å²) >= 11 is 0. The van der Waals surface area contributed by atoms with Gasteiger partial charge < -0.3 is 25.0 Å². The van der Waals surface area contributed by atoms with Crippen molar-refractivity contribution < 1.29 is 14.6 Å². The van der Waals surface area contributed by atoms with Crippen molar-refractivity contribution in [2.45, 2.75) is 31.7 Å². The molecule has 1 amide bonds. The largest absolute Gasteiger partial charge is 0.389 e. The molecule has 1 aliphatic rings. The number of aromatic nitrogens is 2. The highest BCUT2D eigenvalue weighted by Gasteiger charge is 2.35. The standard InChI is InChI=1S/C12H20N4O3/c1-8(17)14-5-10-12(18)9(7-19-10)15-6-11-13-3-4-16(11)2/h3-4,9-10,12,15,18H,5-7H2,1-2H3,(H,14,17). The maximum Gasteiger partial charge on any atom is 0.216 e. The highest BCUT2D eigenvalue weighted by Crippen LogP contribution is 2.14. The lowest BCUT2D eigenvalue weighted by Crippen LogP contribution is -2.44. The van der Waals surface area contributed by atoms with Crippen molar-refractivity contribution in [2.75, 3.05) is 13.2 Å². The van der Waals surface area contributed by atoms with Crippen molar-refractivity contribution in [1.82, 2.24) is 20.2 Å².